The van der Waals surface area contributed by atoms with Gasteiger partial charge in [-0.15, -0.1) is 0 Å². The Kier molecular flexibility index (Phi) is 6.46. The zero-order valence-electron chi connectivity index (χ0n) is 14.8. The third kappa shape index (κ3) is 4.71. The van der Waals surface area contributed by atoms with E-state index in [0.29, 0.717) is 18.3 Å². The molecule has 2 rings (SSSR count). The Morgan fingerprint density at radius 3 is 2.61 bits per heavy atom. The molecule has 1 fully saturated rings. The average Bonchev–Trinajstić information content (AvgIpc) is 2.61. The van der Waals surface area contributed by atoms with Crippen LogP contribution in [0.4, 0.5) is 0 Å². The maximum Gasteiger partial charge on any atom is 0.223 e. The lowest BCUT2D eigenvalue weighted by Gasteiger charge is -2.31. The van der Waals surface area contributed by atoms with Crippen LogP contribution in [-0.4, -0.2) is 38.1 Å². The molecular formula is C19H30N2O2. The summed E-state index contributed by atoms with van der Waals surface area (Å²) in [5, 5.41) is 3.44. The summed E-state index contributed by atoms with van der Waals surface area (Å²) >= 11 is 0. The summed E-state index contributed by atoms with van der Waals surface area (Å²) in [6, 6.07) is 8.02. The minimum atomic E-state index is 0.0742. The van der Waals surface area contributed by atoms with Gasteiger partial charge in [0.15, 0.2) is 0 Å². The molecule has 1 aromatic carbocycles. The lowest BCUT2D eigenvalue weighted by atomic mass is 9.85. The van der Waals surface area contributed by atoms with Crippen LogP contribution < -0.4 is 10.1 Å². The molecule has 1 aromatic rings. The van der Waals surface area contributed by atoms with Crippen LogP contribution in [0.2, 0.25) is 0 Å². The van der Waals surface area contributed by atoms with Crippen molar-refractivity contribution in [1.29, 1.82) is 0 Å². The predicted octanol–water partition coefficient (Wildman–Crippen LogP) is 3.24. The molecule has 4 heteroatoms. The number of hydrogen-bond acceptors (Lipinski definition) is 3. The van der Waals surface area contributed by atoms with E-state index in [0.717, 1.165) is 24.4 Å². The first kappa shape index (κ1) is 17.8. The quantitative estimate of drug-likeness (QED) is 0.875. The normalized spacial score (nSPS) is 20.6. The molecule has 1 aliphatic rings. The highest BCUT2D eigenvalue weighted by Crippen LogP contribution is 2.26. The van der Waals surface area contributed by atoms with E-state index in [2.05, 4.69) is 19.2 Å². The highest BCUT2D eigenvalue weighted by atomic mass is 16.5. The van der Waals surface area contributed by atoms with Gasteiger partial charge in [0.2, 0.25) is 5.91 Å². The summed E-state index contributed by atoms with van der Waals surface area (Å²) in [7, 11) is 3.57. The van der Waals surface area contributed by atoms with Crippen molar-refractivity contribution in [3.8, 4) is 5.75 Å². The minimum absolute atomic E-state index is 0.0742. The van der Waals surface area contributed by atoms with Crippen LogP contribution in [0, 0.1) is 11.8 Å². The standard InChI is InChI=1S/C19H30N2O2/c1-14(17-6-5-11-20-13-17)12-19(22)21(3)15(2)16-7-9-18(23-4)10-8-16/h7-10,14-15,17,20H,5-6,11-13H2,1-4H3. The molecule has 128 valence electrons. The molecule has 0 aromatic heterocycles. The van der Waals surface area contributed by atoms with Gasteiger partial charge in [-0.05, 0) is 62.4 Å². The summed E-state index contributed by atoms with van der Waals surface area (Å²) in [6.45, 7) is 6.45. The highest BCUT2D eigenvalue weighted by Gasteiger charge is 2.25. The van der Waals surface area contributed by atoms with Gasteiger partial charge in [-0.25, -0.2) is 0 Å². The van der Waals surface area contributed by atoms with Crippen molar-refractivity contribution in [3.63, 3.8) is 0 Å². The second-order valence-electron chi connectivity index (χ2n) is 6.74. The molecule has 0 saturated carbocycles. The van der Waals surface area contributed by atoms with Crippen LogP contribution in [0.15, 0.2) is 24.3 Å². The van der Waals surface area contributed by atoms with Crippen LogP contribution in [-0.2, 0) is 4.79 Å². The summed E-state index contributed by atoms with van der Waals surface area (Å²) in [5.41, 5.74) is 1.13. The Morgan fingerprint density at radius 2 is 2.04 bits per heavy atom. The van der Waals surface area contributed by atoms with E-state index >= 15 is 0 Å². The first-order chi connectivity index (χ1) is 11.0. The van der Waals surface area contributed by atoms with Crippen LogP contribution >= 0.6 is 0 Å². The Hall–Kier alpha value is -1.55. The molecule has 1 aliphatic heterocycles. The summed E-state index contributed by atoms with van der Waals surface area (Å²) in [5.74, 6) is 2.12. The molecule has 4 nitrogen and oxygen atoms in total. The highest BCUT2D eigenvalue weighted by molar-refractivity contribution is 5.76. The fourth-order valence-corrected chi connectivity index (χ4v) is 3.27. The number of carbonyl (C=O) groups is 1. The van der Waals surface area contributed by atoms with Crippen molar-refractivity contribution in [3.05, 3.63) is 29.8 Å². The van der Waals surface area contributed by atoms with Gasteiger partial charge >= 0.3 is 0 Å². The van der Waals surface area contributed by atoms with Crippen molar-refractivity contribution in [1.82, 2.24) is 10.2 Å². The monoisotopic (exact) mass is 318 g/mol. The van der Waals surface area contributed by atoms with Crippen LogP contribution in [0.3, 0.4) is 0 Å². The summed E-state index contributed by atoms with van der Waals surface area (Å²) in [6.07, 6.45) is 3.09. The fraction of sp³-hybridized carbons (Fsp3) is 0.632. The van der Waals surface area contributed by atoms with Gasteiger partial charge < -0.3 is 15.0 Å². The number of nitrogens with one attached hydrogen (secondary N) is 1. The third-order valence-corrected chi connectivity index (χ3v) is 5.21. The summed E-state index contributed by atoms with van der Waals surface area (Å²) < 4.78 is 5.19. The van der Waals surface area contributed by atoms with Crippen LogP contribution in [0.5, 0.6) is 5.75 Å². The molecule has 1 saturated heterocycles. The number of methoxy groups -OCH3 is 1. The second-order valence-corrected chi connectivity index (χ2v) is 6.74. The van der Waals surface area contributed by atoms with Gasteiger partial charge in [0.1, 0.15) is 5.75 Å². The molecule has 0 radical (unpaired) electrons. The number of amides is 1. The maximum atomic E-state index is 12.6. The molecule has 1 amide bonds. The van der Waals surface area contributed by atoms with Crippen molar-refractivity contribution >= 4 is 5.91 Å². The predicted molar refractivity (Wildman–Crippen MR) is 93.6 cm³/mol. The average molecular weight is 318 g/mol. The molecule has 3 atom stereocenters. The number of nitrogens with zero attached hydrogens (tertiary/aromatic N) is 1. The van der Waals surface area contributed by atoms with Gasteiger partial charge in [-0.1, -0.05) is 19.1 Å². The molecule has 0 aliphatic carbocycles. The number of piperidine rings is 1. The summed E-state index contributed by atoms with van der Waals surface area (Å²) in [4.78, 5) is 14.5. The number of carbonyl (C=O) groups excluding carboxylic acids is 1. The van der Waals surface area contributed by atoms with Gasteiger partial charge in [-0.3, -0.25) is 4.79 Å². The lowest BCUT2D eigenvalue weighted by molar-refractivity contribution is -0.133. The first-order valence-corrected chi connectivity index (χ1v) is 8.63. The fourth-order valence-electron chi connectivity index (χ4n) is 3.27. The van der Waals surface area contributed by atoms with Crippen molar-refractivity contribution in [2.75, 3.05) is 27.2 Å². The van der Waals surface area contributed by atoms with E-state index < -0.39 is 0 Å². The molecule has 1 heterocycles. The topological polar surface area (TPSA) is 41.6 Å². The number of ether oxygens (including phenoxy) is 1. The second kappa shape index (κ2) is 8.34. The molecule has 23 heavy (non-hydrogen) atoms. The van der Waals surface area contributed by atoms with E-state index in [-0.39, 0.29) is 11.9 Å². The van der Waals surface area contributed by atoms with E-state index in [9.17, 15) is 4.79 Å². The Balaban J connectivity index is 1.91. The number of benzene rings is 1. The molecule has 0 bridgehead atoms. The largest absolute Gasteiger partial charge is 0.497 e. The van der Waals surface area contributed by atoms with E-state index in [4.69, 9.17) is 4.74 Å². The number of rotatable bonds is 6. The third-order valence-electron chi connectivity index (χ3n) is 5.21. The Labute approximate surface area is 140 Å². The molecule has 1 N–H and O–H groups in total. The molecule has 0 spiro atoms. The van der Waals surface area contributed by atoms with Gasteiger partial charge in [0.25, 0.3) is 0 Å². The lowest BCUT2D eigenvalue weighted by Crippen LogP contribution is -2.36. The maximum absolute atomic E-state index is 12.6. The van der Waals surface area contributed by atoms with Crippen molar-refractivity contribution in [2.45, 2.75) is 39.2 Å². The van der Waals surface area contributed by atoms with Gasteiger partial charge in [-0.2, -0.15) is 0 Å². The van der Waals surface area contributed by atoms with E-state index in [1.54, 1.807) is 7.11 Å². The zero-order chi connectivity index (χ0) is 16.8. The Morgan fingerprint density at radius 1 is 1.35 bits per heavy atom. The van der Waals surface area contributed by atoms with Gasteiger partial charge in [0, 0.05) is 13.5 Å². The smallest absolute Gasteiger partial charge is 0.223 e. The van der Waals surface area contributed by atoms with Crippen molar-refractivity contribution in [2.24, 2.45) is 11.8 Å². The van der Waals surface area contributed by atoms with Crippen molar-refractivity contribution < 1.29 is 9.53 Å². The minimum Gasteiger partial charge on any atom is -0.497 e. The molecule has 3 unspecified atom stereocenters. The first-order valence-electron chi connectivity index (χ1n) is 8.63. The molecular weight excluding hydrogens is 288 g/mol. The van der Waals surface area contributed by atoms with Gasteiger partial charge in [0.05, 0.1) is 13.2 Å². The van der Waals surface area contributed by atoms with E-state index in [1.165, 1.54) is 12.8 Å². The number of hydrogen-bond donors (Lipinski definition) is 1. The Bertz CT molecular complexity index is 495. The zero-order valence-corrected chi connectivity index (χ0v) is 14.8. The van der Waals surface area contributed by atoms with Crippen LogP contribution in [0.1, 0.15) is 44.7 Å². The van der Waals surface area contributed by atoms with Crippen LogP contribution in [0.25, 0.3) is 0 Å². The van der Waals surface area contributed by atoms with E-state index in [1.807, 2.05) is 36.2 Å². The SMILES string of the molecule is COc1ccc(C(C)N(C)C(=O)CC(C)C2CCCNC2)cc1.